The molecule has 1 aromatic heterocycles. The van der Waals surface area contributed by atoms with Crippen LogP contribution in [0.4, 0.5) is 0 Å². The minimum atomic E-state index is -0.00351. The lowest BCUT2D eigenvalue weighted by atomic mass is 10.2. The summed E-state index contributed by atoms with van der Waals surface area (Å²) in [6.45, 7) is 6.15. The second kappa shape index (κ2) is 7.64. The van der Waals surface area contributed by atoms with Crippen molar-refractivity contribution in [3.05, 3.63) is 64.6 Å². The summed E-state index contributed by atoms with van der Waals surface area (Å²) in [7, 11) is 0. The van der Waals surface area contributed by atoms with Gasteiger partial charge >= 0.3 is 0 Å². The molecule has 0 saturated heterocycles. The molecule has 0 aliphatic carbocycles. The van der Waals surface area contributed by atoms with Crippen LogP contribution < -0.4 is 15.6 Å². The van der Waals surface area contributed by atoms with Crippen LogP contribution in [0.2, 0.25) is 0 Å². The van der Waals surface area contributed by atoms with Gasteiger partial charge in [-0.2, -0.15) is 0 Å². The van der Waals surface area contributed by atoms with Gasteiger partial charge in [-0.1, -0.05) is 32.0 Å². The van der Waals surface area contributed by atoms with Crippen LogP contribution in [-0.2, 0) is 13.1 Å². The van der Waals surface area contributed by atoms with E-state index in [1.807, 2.05) is 18.2 Å². The smallest absolute Gasteiger partial charge is 0.250 e. The Morgan fingerprint density at radius 3 is 2.57 bits per heavy atom. The van der Waals surface area contributed by atoms with Crippen LogP contribution in [0.15, 0.2) is 53.5 Å². The minimum absolute atomic E-state index is 0.00351. The minimum Gasteiger partial charge on any atom is -0.492 e. The van der Waals surface area contributed by atoms with E-state index in [1.165, 1.54) is 5.56 Å². The summed E-state index contributed by atoms with van der Waals surface area (Å²) >= 11 is 0. The number of benzene rings is 1. The average molecular weight is 286 g/mol. The molecule has 1 N–H and O–H groups in total. The van der Waals surface area contributed by atoms with E-state index in [-0.39, 0.29) is 5.56 Å². The first-order chi connectivity index (χ1) is 10.1. The molecule has 0 bridgehead atoms. The number of ether oxygens (including phenoxy) is 1. The molecule has 0 atom stereocenters. The zero-order valence-electron chi connectivity index (χ0n) is 12.6. The lowest BCUT2D eigenvalue weighted by molar-refractivity contribution is 0.296. The molecule has 1 aromatic carbocycles. The molecule has 4 nitrogen and oxygen atoms in total. The van der Waals surface area contributed by atoms with Crippen LogP contribution in [0.1, 0.15) is 19.4 Å². The normalized spacial score (nSPS) is 10.8. The Bertz CT molecular complexity index is 603. The van der Waals surface area contributed by atoms with Crippen molar-refractivity contribution in [3.63, 3.8) is 0 Å². The number of rotatable bonds is 7. The van der Waals surface area contributed by atoms with Crippen LogP contribution in [0, 0.1) is 0 Å². The summed E-state index contributed by atoms with van der Waals surface area (Å²) in [4.78, 5) is 11.5. The predicted molar refractivity (Wildman–Crippen MR) is 84.6 cm³/mol. The summed E-state index contributed by atoms with van der Waals surface area (Å²) in [5.41, 5.74) is 1.23. The van der Waals surface area contributed by atoms with E-state index in [0.717, 1.165) is 12.3 Å². The standard InChI is InChI=1S/C17H22N2O2/c1-14(2)18-13-15-6-8-16(9-7-15)21-12-11-19-10-4-3-5-17(19)20/h3-10,14,18H,11-13H2,1-2H3. The molecule has 0 unspecified atom stereocenters. The van der Waals surface area contributed by atoms with Gasteiger partial charge < -0.3 is 14.6 Å². The van der Waals surface area contributed by atoms with Gasteiger partial charge in [0, 0.05) is 24.8 Å². The average Bonchev–Trinajstić information content (AvgIpc) is 2.48. The van der Waals surface area contributed by atoms with E-state index >= 15 is 0 Å². The summed E-state index contributed by atoms with van der Waals surface area (Å²) in [5.74, 6) is 0.826. The fourth-order valence-corrected chi connectivity index (χ4v) is 1.93. The highest BCUT2D eigenvalue weighted by Gasteiger charge is 1.98. The zero-order valence-corrected chi connectivity index (χ0v) is 12.6. The molecule has 21 heavy (non-hydrogen) atoms. The lowest BCUT2D eigenvalue weighted by Crippen LogP contribution is -2.22. The third-order valence-electron chi connectivity index (χ3n) is 3.14. The topological polar surface area (TPSA) is 43.3 Å². The molecule has 1 heterocycles. The largest absolute Gasteiger partial charge is 0.492 e. The summed E-state index contributed by atoms with van der Waals surface area (Å²) in [6, 6.07) is 13.7. The van der Waals surface area contributed by atoms with Gasteiger partial charge in [0.25, 0.3) is 5.56 Å². The van der Waals surface area contributed by atoms with E-state index in [9.17, 15) is 4.79 Å². The molecule has 112 valence electrons. The maximum Gasteiger partial charge on any atom is 0.250 e. The number of nitrogens with one attached hydrogen (secondary N) is 1. The number of pyridine rings is 1. The molecular formula is C17H22N2O2. The van der Waals surface area contributed by atoms with Gasteiger partial charge in [0.15, 0.2) is 0 Å². The molecule has 0 spiro atoms. The Balaban J connectivity index is 1.81. The third kappa shape index (κ3) is 5.08. The second-order valence-electron chi connectivity index (χ2n) is 5.26. The quantitative estimate of drug-likeness (QED) is 0.850. The van der Waals surface area contributed by atoms with E-state index in [2.05, 4.69) is 31.3 Å². The van der Waals surface area contributed by atoms with Crippen LogP contribution >= 0.6 is 0 Å². The van der Waals surface area contributed by atoms with Crippen molar-refractivity contribution in [2.75, 3.05) is 6.61 Å². The molecule has 0 amide bonds. The highest BCUT2D eigenvalue weighted by atomic mass is 16.5. The number of hydrogen-bond acceptors (Lipinski definition) is 3. The first-order valence-electron chi connectivity index (χ1n) is 7.26. The van der Waals surface area contributed by atoms with Crippen molar-refractivity contribution < 1.29 is 4.74 Å². The number of nitrogens with zero attached hydrogens (tertiary/aromatic N) is 1. The van der Waals surface area contributed by atoms with Crippen LogP contribution in [-0.4, -0.2) is 17.2 Å². The maximum atomic E-state index is 11.5. The molecule has 0 saturated carbocycles. The van der Waals surface area contributed by atoms with E-state index in [1.54, 1.807) is 22.9 Å². The van der Waals surface area contributed by atoms with Crippen molar-refractivity contribution in [3.8, 4) is 5.75 Å². The van der Waals surface area contributed by atoms with Gasteiger partial charge in [-0.25, -0.2) is 0 Å². The molecule has 0 aliphatic heterocycles. The molecular weight excluding hydrogens is 264 g/mol. The molecule has 2 aromatic rings. The number of hydrogen-bond donors (Lipinski definition) is 1. The molecule has 4 heteroatoms. The predicted octanol–water partition coefficient (Wildman–Crippen LogP) is 2.43. The van der Waals surface area contributed by atoms with Crippen LogP contribution in [0.3, 0.4) is 0 Å². The van der Waals surface area contributed by atoms with Gasteiger partial charge in [-0.05, 0) is 23.8 Å². The Labute approximate surface area is 125 Å². The van der Waals surface area contributed by atoms with Crippen LogP contribution in [0.25, 0.3) is 0 Å². The third-order valence-corrected chi connectivity index (χ3v) is 3.14. The zero-order chi connectivity index (χ0) is 15.1. The summed E-state index contributed by atoms with van der Waals surface area (Å²) in [5, 5.41) is 3.37. The van der Waals surface area contributed by atoms with Crippen molar-refractivity contribution in [2.45, 2.75) is 33.0 Å². The van der Waals surface area contributed by atoms with Gasteiger partial charge in [-0.15, -0.1) is 0 Å². The molecule has 0 aliphatic rings. The fraction of sp³-hybridized carbons (Fsp3) is 0.353. The molecule has 2 rings (SSSR count). The van der Waals surface area contributed by atoms with Gasteiger partial charge in [-0.3, -0.25) is 4.79 Å². The molecule has 0 radical (unpaired) electrons. The van der Waals surface area contributed by atoms with Crippen molar-refractivity contribution in [1.82, 2.24) is 9.88 Å². The Morgan fingerprint density at radius 2 is 1.90 bits per heavy atom. The first kappa shape index (κ1) is 15.3. The van der Waals surface area contributed by atoms with Crippen molar-refractivity contribution >= 4 is 0 Å². The Kier molecular flexibility index (Phi) is 5.58. The van der Waals surface area contributed by atoms with Crippen LogP contribution in [0.5, 0.6) is 5.75 Å². The Morgan fingerprint density at radius 1 is 1.14 bits per heavy atom. The summed E-state index contributed by atoms with van der Waals surface area (Å²) in [6.07, 6.45) is 1.77. The van der Waals surface area contributed by atoms with Gasteiger partial charge in [0.1, 0.15) is 12.4 Å². The number of aromatic nitrogens is 1. The summed E-state index contributed by atoms with van der Waals surface area (Å²) < 4.78 is 7.31. The Hall–Kier alpha value is -2.07. The highest BCUT2D eigenvalue weighted by Crippen LogP contribution is 2.12. The van der Waals surface area contributed by atoms with E-state index < -0.39 is 0 Å². The van der Waals surface area contributed by atoms with Crippen molar-refractivity contribution in [1.29, 1.82) is 0 Å². The lowest BCUT2D eigenvalue weighted by Gasteiger charge is -2.10. The second-order valence-corrected chi connectivity index (χ2v) is 5.26. The van der Waals surface area contributed by atoms with Gasteiger partial charge in [0.2, 0.25) is 0 Å². The van der Waals surface area contributed by atoms with Crippen molar-refractivity contribution in [2.24, 2.45) is 0 Å². The van der Waals surface area contributed by atoms with E-state index in [4.69, 9.17) is 4.74 Å². The fourth-order valence-electron chi connectivity index (χ4n) is 1.93. The SMILES string of the molecule is CC(C)NCc1ccc(OCCn2ccccc2=O)cc1. The maximum absolute atomic E-state index is 11.5. The van der Waals surface area contributed by atoms with Gasteiger partial charge in [0.05, 0.1) is 6.54 Å². The first-order valence-corrected chi connectivity index (χ1v) is 7.26. The highest BCUT2D eigenvalue weighted by molar-refractivity contribution is 5.27. The monoisotopic (exact) mass is 286 g/mol. The molecule has 0 fully saturated rings. The van der Waals surface area contributed by atoms with E-state index in [0.29, 0.717) is 19.2 Å².